The van der Waals surface area contributed by atoms with Crippen LogP contribution in [0.2, 0.25) is 0 Å². The van der Waals surface area contributed by atoms with Crippen molar-refractivity contribution in [3.63, 3.8) is 0 Å². The minimum atomic E-state index is -0.192. The van der Waals surface area contributed by atoms with Crippen LogP contribution in [-0.4, -0.2) is 17.0 Å². The summed E-state index contributed by atoms with van der Waals surface area (Å²) in [5.74, 6) is -0.192. The van der Waals surface area contributed by atoms with Crippen LogP contribution in [0.4, 0.5) is 0 Å². The number of ether oxygens (including phenoxy) is 1. The summed E-state index contributed by atoms with van der Waals surface area (Å²) < 4.78 is 6.14. The Morgan fingerprint density at radius 2 is 2.27 bits per heavy atom. The largest absolute Gasteiger partial charge is 0.462 e. The molecule has 2 nitrogen and oxygen atoms in total. The minimum absolute atomic E-state index is 0.192. The van der Waals surface area contributed by atoms with Gasteiger partial charge >= 0.3 is 5.97 Å². The van der Waals surface area contributed by atoms with Gasteiger partial charge in [0, 0.05) is 4.88 Å². The molecule has 0 unspecified atom stereocenters. The molecule has 0 atom stereocenters. The van der Waals surface area contributed by atoms with Gasteiger partial charge in [-0.1, -0.05) is 22.6 Å². The first kappa shape index (κ1) is 13.0. The monoisotopic (exact) mass is 338 g/mol. The normalized spacial score (nSPS) is 10.3. The molecule has 1 heterocycles. The van der Waals surface area contributed by atoms with E-state index >= 15 is 0 Å². The Labute approximate surface area is 108 Å². The SMILES string of the molecule is CCOC(=O)c1ccc(CCCCI)s1. The fourth-order valence-corrected chi connectivity index (χ4v) is 2.70. The van der Waals surface area contributed by atoms with Gasteiger partial charge in [0.05, 0.1) is 6.61 Å². The smallest absolute Gasteiger partial charge is 0.348 e. The number of hydrogen-bond donors (Lipinski definition) is 0. The highest BCUT2D eigenvalue weighted by molar-refractivity contribution is 14.1. The minimum Gasteiger partial charge on any atom is -0.462 e. The average molecular weight is 338 g/mol. The van der Waals surface area contributed by atoms with Crippen LogP contribution in [0.15, 0.2) is 12.1 Å². The van der Waals surface area contributed by atoms with Gasteiger partial charge in [-0.25, -0.2) is 4.79 Å². The lowest BCUT2D eigenvalue weighted by molar-refractivity contribution is 0.0532. The van der Waals surface area contributed by atoms with Crippen molar-refractivity contribution in [1.82, 2.24) is 0 Å². The van der Waals surface area contributed by atoms with E-state index in [1.807, 2.05) is 19.1 Å². The van der Waals surface area contributed by atoms with E-state index in [9.17, 15) is 4.79 Å². The zero-order valence-corrected chi connectivity index (χ0v) is 11.8. The highest BCUT2D eigenvalue weighted by Gasteiger charge is 2.09. The van der Waals surface area contributed by atoms with E-state index in [-0.39, 0.29) is 5.97 Å². The van der Waals surface area contributed by atoms with Crippen molar-refractivity contribution in [2.45, 2.75) is 26.2 Å². The zero-order valence-electron chi connectivity index (χ0n) is 8.79. The number of carbonyl (C=O) groups excluding carboxylic acids is 1. The fraction of sp³-hybridized carbons (Fsp3) is 0.545. The molecule has 0 aromatic carbocycles. The molecule has 0 saturated carbocycles. The first-order valence-electron chi connectivity index (χ1n) is 5.09. The summed E-state index contributed by atoms with van der Waals surface area (Å²) in [5.41, 5.74) is 0. The van der Waals surface area contributed by atoms with Crippen molar-refractivity contribution in [2.75, 3.05) is 11.0 Å². The molecule has 4 heteroatoms. The Kier molecular flexibility index (Phi) is 6.24. The molecule has 84 valence electrons. The number of unbranched alkanes of at least 4 members (excludes halogenated alkanes) is 1. The number of rotatable bonds is 6. The van der Waals surface area contributed by atoms with Gasteiger partial charge in [-0.2, -0.15) is 0 Å². The number of alkyl halides is 1. The maximum Gasteiger partial charge on any atom is 0.348 e. The van der Waals surface area contributed by atoms with Gasteiger partial charge in [-0.3, -0.25) is 0 Å². The molecule has 0 N–H and O–H groups in total. The van der Waals surface area contributed by atoms with E-state index in [0.717, 1.165) is 11.3 Å². The molecule has 1 rings (SSSR count). The second-order valence-electron chi connectivity index (χ2n) is 3.13. The van der Waals surface area contributed by atoms with E-state index in [1.54, 1.807) is 11.3 Å². The fourth-order valence-electron chi connectivity index (χ4n) is 1.22. The Hall–Kier alpha value is -0.100. The van der Waals surface area contributed by atoms with Gasteiger partial charge in [0.25, 0.3) is 0 Å². The van der Waals surface area contributed by atoms with E-state index in [4.69, 9.17) is 4.74 Å². The topological polar surface area (TPSA) is 26.3 Å². The number of halogens is 1. The molecule has 0 fully saturated rings. The van der Waals surface area contributed by atoms with Crippen LogP contribution >= 0.6 is 33.9 Å². The highest BCUT2D eigenvalue weighted by atomic mass is 127. The standard InChI is InChI=1S/C11H15IO2S/c1-2-14-11(13)10-7-6-9(15-10)5-3-4-8-12/h6-7H,2-5,8H2,1H3. The molecule has 0 spiro atoms. The van der Waals surface area contributed by atoms with E-state index in [1.165, 1.54) is 22.1 Å². The lowest BCUT2D eigenvalue weighted by atomic mass is 10.2. The first-order valence-corrected chi connectivity index (χ1v) is 7.44. The van der Waals surface area contributed by atoms with Crippen LogP contribution in [0.25, 0.3) is 0 Å². The Morgan fingerprint density at radius 1 is 1.47 bits per heavy atom. The number of thiophene rings is 1. The van der Waals surface area contributed by atoms with Gasteiger partial charge in [0.1, 0.15) is 4.88 Å². The van der Waals surface area contributed by atoms with Crippen LogP contribution in [0.5, 0.6) is 0 Å². The lowest BCUT2D eigenvalue weighted by Crippen LogP contribution is -2.01. The summed E-state index contributed by atoms with van der Waals surface area (Å²) in [6.45, 7) is 2.27. The molecule has 1 aromatic rings. The average Bonchev–Trinajstić information content (AvgIpc) is 2.67. The highest BCUT2D eigenvalue weighted by Crippen LogP contribution is 2.19. The van der Waals surface area contributed by atoms with Gasteiger partial charge in [-0.05, 0) is 42.7 Å². The number of hydrogen-bond acceptors (Lipinski definition) is 3. The maximum atomic E-state index is 11.4. The summed E-state index contributed by atoms with van der Waals surface area (Å²) in [5, 5.41) is 0. The molecular formula is C11H15IO2S. The summed E-state index contributed by atoms with van der Waals surface area (Å²) in [4.78, 5) is 13.4. The van der Waals surface area contributed by atoms with E-state index < -0.39 is 0 Å². The maximum absolute atomic E-state index is 11.4. The molecule has 1 aromatic heterocycles. The van der Waals surface area contributed by atoms with Gasteiger partial charge in [0.15, 0.2) is 0 Å². The summed E-state index contributed by atoms with van der Waals surface area (Å²) in [6.07, 6.45) is 3.52. The number of aryl methyl sites for hydroxylation is 1. The van der Waals surface area contributed by atoms with Crippen molar-refractivity contribution in [2.24, 2.45) is 0 Å². The van der Waals surface area contributed by atoms with Gasteiger partial charge in [-0.15, -0.1) is 11.3 Å². The van der Waals surface area contributed by atoms with Gasteiger partial charge < -0.3 is 4.74 Å². The van der Waals surface area contributed by atoms with Crippen LogP contribution in [-0.2, 0) is 11.2 Å². The summed E-state index contributed by atoms with van der Waals surface area (Å²) >= 11 is 3.94. The zero-order chi connectivity index (χ0) is 11.1. The molecule has 0 aliphatic heterocycles. The third kappa shape index (κ3) is 4.51. The molecule has 0 aliphatic rings. The third-order valence-corrected chi connectivity index (χ3v) is 3.83. The van der Waals surface area contributed by atoms with Crippen molar-refractivity contribution in [1.29, 1.82) is 0 Å². The quantitative estimate of drug-likeness (QED) is 0.342. The molecule has 0 aliphatic carbocycles. The number of carbonyl (C=O) groups is 1. The predicted molar refractivity (Wildman–Crippen MR) is 72.1 cm³/mol. The molecule has 0 bridgehead atoms. The van der Waals surface area contributed by atoms with Crippen molar-refractivity contribution in [3.8, 4) is 0 Å². The molecular weight excluding hydrogens is 323 g/mol. The second kappa shape index (κ2) is 7.22. The summed E-state index contributed by atoms with van der Waals surface area (Å²) in [7, 11) is 0. The Morgan fingerprint density at radius 3 is 2.93 bits per heavy atom. The van der Waals surface area contributed by atoms with Crippen LogP contribution < -0.4 is 0 Å². The second-order valence-corrected chi connectivity index (χ2v) is 5.38. The van der Waals surface area contributed by atoms with Crippen LogP contribution in [0.1, 0.15) is 34.3 Å². The lowest BCUT2D eigenvalue weighted by Gasteiger charge is -1.97. The van der Waals surface area contributed by atoms with Crippen molar-refractivity contribution < 1.29 is 9.53 Å². The van der Waals surface area contributed by atoms with Crippen molar-refractivity contribution >= 4 is 39.9 Å². The van der Waals surface area contributed by atoms with Gasteiger partial charge in [0.2, 0.25) is 0 Å². The van der Waals surface area contributed by atoms with Crippen LogP contribution in [0.3, 0.4) is 0 Å². The molecule has 15 heavy (non-hydrogen) atoms. The van der Waals surface area contributed by atoms with Crippen LogP contribution in [0, 0.1) is 0 Å². The van der Waals surface area contributed by atoms with E-state index in [2.05, 4.69) is 22.6 Å². The third-order valence-electron chi connectivity index (χ3n) is 1.95. The predicted octanol–water partition coefficient (Wildman–Crippen LogP) is 3.68. The molecule has 0 saturated heterocycles. The Balaban J connectivity index is 2.45. The summed E-state index contributed by atoms with van der Waals surface area (Å²) in [6, 6.07) is 3.90. The Bertz CT molecular complexity index is 309. The molecule has 0 amide bonds. The number of esters is 1. The molecule has 0 radical (unpaired) electrons. The first-order chi connectivity index (χ1) is 7.27. The van der Waals surface area contributed by atoms with Crippen molar-refractivity contribution in [3.05, 3.63) is 21.9 Å². The van der Waals surface area contributed by atoms with E-state index in [0.29, 0.717) is 6.61 Å².